The van der Waals surface area contributed by atoms with Gasteiger partial charge in [-0.05, 0) is 38.5 Å². The van der Waals surface area contributed by atoms with Crippen LogP contribution in [-0.4, -0.2) is 35.0 Å². The lowest BCUT2D eigenvalue weighted by atomic mass is 10.2. The second-order valence-corrected chi connectivity index (χ2v) is 5.67. The predicted molar refractivity (Wildman–Crippen MR) is 95.1 cm³/mol. The summed E-state index contributed by atoms with van der Waals surface area (Å²) in [4.78, 5) is 32.4. The SMILES string of the molecule is CCC(C)NC(=O)c1cc(Nc2cccc(C(=O)OC)c2)nc(C)n1. The molecule has 0 bridgehead atoms. The topological polar surface area (TPSA) is 93.2 Å². The average Bonchev–Trinajstić information content (AvgIpc) is 2.60. The third kappa shape index (κ3) is 5.00. The van der Waals surface area contributed by atoms with Gasteiger partial charge >= 0.3 is 5.97 Å². The van der Waals surface area contributed by atoms with Gasteiger partial charge in [-0.1, -0.05) is 13.0 Å². The Balaban J connectivity index is 2.23. The molecule has 0 aliphatic carbocycles. The quantitative estimate of drug-likeness (QED) is 0.784. The number of ether oxygens (including phenoxy) is 1. The first-order chi connectivity index (χ1) is 11.9. The van der Waals surface area contributed by atoms with Crippen LogP contribution in [0.15, 0.2) is 30.3 Å². The molecule has 1 atom stereocenters. The summed E-state index contributed by atoms with van der Waals surface area (Å²) in [7, 11) is 1.33. The molecule has 0 saturated carbocycles. The molecule has 25 heavy (non-hydrogen) atoms. The number of hydrogen-bond acceptors (Lipinski definition) is 6. The summed E-state index contributed by atoms with van der Waals surface area (Å²) in [5.41, 5.74) is 1.38. The van der Waals surface area contributed by atoms with Crippen LogP contribution in [-0.2, 0) is 4.74 Å². The molecule has 1 aromatic heterocycles. The van der Waals surface area contributed by atoms with Gasteiger partial charge in [-0.2, -0.15) is 0 Å². The van der Waals surface area contributed by atoms with E-state index in [9.17, 15) is 9.59 Å². The van der Waals surface area contributed by atoms with E-state index in [1.54, 1.807) is 37.3 Å². The number of aryl methyl sites for hydroxylation is 1. The summed E-state index contributed by atoms with van der Waals surface area (Å²) in [5.74, 6) is 0.287. The molecule has 0 fully saturated rings. The Hall–Kier alpha value is -2.96. The molecule has 0 spiro atoms. The maximum atomic E-state index is 12.3. The van der Waals surface area contributed by atoms with Gasteiger partial charge in [0.1, 0.15) is 17.3 Å². The minimum atomic E-state index is -0.420. The third-order valence-corrected chi connectivity index (χ3v) is 3.62. The summed E-state index contributed by atoms with van der Waals surface area (Å²) in [5, 5.41) is 5.97. The van der Waals surface area contributed by atoms with Gasteiger partial charge in [0.25, 0.3) is 5.91 Å². The predicted octanol–water partition coefficient (Wildman–Crippen LogP) is 2.84. The van der Waals surface area contributed by atoms with E-state index in [4.69, 9.17) is 4.74 Å². The van der Waals surface area contributed by atoms with Crippen LogP contribution in [0.5, 0.6) is 0 Å². The number of nitrogens with zero attached hydrogens (tertiary/aromatic N) is 2. The zero-order valence-electron chi connectivity index (χ0n) is 14.8. The fraction of sp³-hybridized carbons (Fsp3) is 0.333. The van der Waals surface area contributed by atoms with Crippen molar-refractivity contribution in [3.63, 3.8) is 0 Å². The van der Waals surface area contributed by atoms with Crippen LogP contribution >= 0.6 is 0 Å². The highest BCUT2D eigenvalue weighted by Gasteiger charge is 2.13. The smallest absolute Gasteiger partial charge is 0.337 e. The number of aromatic nitrogens is 2. The zero-order valence-corrected chi connectivity index (χ0v) is 14.8. The Morgan fingerprint density at radius 2 is 2.00 bits per heavy atom. The van der Waals surface area contributed by atoms with Gasteiger partial charge in [0.05, 0.1) is 12.7 Å². The Labute approximate surface area is 146 Å². The highest BCUT2D eigenvalue weighted by atomic mass is 16.5. The molecule has 7 heteroatoms. The number of anilines is 2. The number of hydrogen-bond donors (Lipinski definition) is 2. The Morgan fingerprint density at radius 1 is 1.24 bits per heavy atom. The monoisotopic (exact) mass is 342 g/mol. The molecular weight excluding hydrogens is 320 g/mol. The minimum Gasteiger partial charge on any atom is -0.465 e. The van der Waals surface area contributed by atoms with E-state index < -0.39 is 5.97 Å². The van der Waals surface area contributed by atoms with E-state index in [1.807, 2.05) is 13.8 Å². The van der Waals surface area contributed by atoms with Crippen LogP contribution in [0.3, 0.4) is 0 Å². The second-order valence-electron chi connectivity index (χ2n) is 5.67. The van der Waals surface area contributed by atoms with Crippen molar-refractivity contribution in [3.8, 4) is 0 Å². The van der Waals surface area contributed by atoms with Crippen molar-refractivity contribution in [1.82, 2.24) is 15.3 Å². The average molecular weight is 342 g/mol. The first kappa shape index (κ1) is 18.4. The van der Waals surface area contributed by atoms with Crippen LogP contribution in [0.4, 0.5) is 11.5 Å². The van der Waals surface area contributed by atoms with Crippen molar-refractivity contribution >= 4 is 23.4 Å². The fourth-order valence-corrected chi connectivity index (χ4v) is 2.14. The van der Waals surface area contributed by atoms with Crippen LogP contribution in [0.25, 0.3) is 0 Å². The van der Waals surface area contributed by atoms with Crippen molar-refractivity contribution in [3.05, 3.63) is 47.4 Å². The van der Waals surface area contributed by atoms with Gasteiger partial charge in [0, 0.05) is 17.8 Å². The van der Waals surface area contributed by atoms with Crippen molar-refractivity contribution in [2.24, 2.45) is 0 Å². The number of amides is 1. The molecule has 2 N–H and O–H groups in total. The van der Waals surface area contributed by atoms with Crippen LogP contribution in [0, 0.1) is 6.92 Å². The highest BCUT2D eigenvalue weighted by molar-refractivity contribution is 5.93. The molecule has 7 nitrogen and oxygen atoms in total. The van der Waals surface area contributed by atoms with Gasteiger partial charge < -0.3 is 15.4 Å². The number of nitrogens with one attached hydrogen (secondary N) is 2. The van der Waals surface area contributed by atoms with Crippen molar-refractivity contribution in [1.29, 1.82) is 0 Å². The summed E-state index contributed by atoms with van der Waals surface area (Å²) < 4.78 is 4.71. The first-order valence-corrected chi connectivity index (χ1v) is 8.05. The lowest BCUT2D eigenvalue weighted by molar-refractivity contribution is 0.0600. The van der Waals surface area contributed by atoms with Gasteiger partial charge in [0.15, 0.2) is 0 Å². The van der Waals surface area contributed by atoms with Crippen molar-refractivity contribution in [2.45, 2.75) is 33.2 Å². The van der Waals surface area contributed by atoms with E-state index in [2.05, 4.69) is 20.6 Å². The number of carbonyl (C=O) groups excluding carboxylic acids is 2. The van der Waals surface area contributed by atoms with Gasteiger partial charge in [0.2, 0.25) is 0 Å². The van der Waals surface area contributed by atoms with Crippen LogP contribution in [0.1, 0.15) is 46.9 Å². The number of rotatable bonds is 6. The zero-order chi connectivity index (χ0) is 18.4. The van der Waals surface area contributed by atoms with Gasteiger partial charge in [-0.25, -0.2) is 14.8 Å². The minimum absolute atomic E-state index is 0.0657. The summed E-state index contributed by atoms with van der Waals surface area (Å²) in [6, 6.07) is 8.49. The Morgan fingerprint density at radius 3 is 2.68 bits per heavy atom. The largest absolute Gasteiger partial charge is 0.465 e. The van der Waals surface area contributed by atoms with E-state index >= 15 is 0 Å². The summed E-state index contributed by atoms with van der Waals surface area (Å²) >= 11 is 0. The number of carbonyl (C=O) groups is 2. The molecule has 1 amide bonds. The molecule has 132 valence electrons. The molecule has 1 unspecified atom stereocenters. The Bertz CT molecular complexity index is 777. The molecule has 0 radical (unpaired) electrons. The van der Waals surface area contributed by atoms with Crippen LogP contribution in [0.2, 0.25) is 0 Å². The summed E-state index contributed by atoms with van der Waals surface area (Å²) in [6.07, 6.45) is 0.835. The lowest BCUT2D eigenvalue weighted by Gasteiger charge is -2.12. The molecule has 0 aliphatic heterocycles. The van der Waals surface area contributed by atoms with Crippen LogP contribution < -0.4 is 10.6 Å². The Kier molecular flexibility index (Phi) is 6.05. The van der Waals surface area contributed by atoms with Crippen molar-refractivity contribution in [2.75, 3.05) is 12.4 Å². The molecule has 1 heterocycles. The normalized spacial score (nSPS) is 11.5. The molecule has 2 rings (SSSR count). The summed E-state index contributed by atoms with van der Waals surface area (Å²) in [6.45, 7) is 5.65. The van der Waals surface area contributed by atoms with E-state index in [1.165, 1.54) is 7.11 Å². The fourth-order valence-electron chi connectivity index (χ4n) is 2.14. The first-order valence-electron chi connectivity index (χ1n) is 8.05. The third-order valence-electron chi connectivity index (χ3n) is 3.62. The standard InChI is InChI=1S/C18H22N4O3/c1-5-11(2)19-17(23)15-10-16(21-12(3)20-15)22-14-8-6-7-13(9-14)18(24)25-4/h6-11H,5H2,1-4H3,(H,19,23)(H,20,21,22). The van der Waals surface area contributed by atoms with E-state index in [0.29, 0.717) is 28.6 Å². The van der Waals surface area contributed by atoms with Gasteiger partial charge in [-0.3, -0.25) is 4.79 Å². The lowest BCUT2D eigenvalue weighted by Crippen LogP contribution is -2.32. The molecule has 0 saturated heterocycles. The van der Waals surface area contributed by atoms with Gasteiger partial charge in [-0.15, -0.1) is 0 Å². The van der Waals surface area contributed by atoms with Crippen molar-refractivity contribution < 1.29 is 14.3 Å². The maximum Gasteiger partial charge on any atom is 0.337 e. The van der Waals surface area contributed by atoms with E-state index in [-0.39, 0.29) is 11.9 Å². The number of esters is 1. The molecule has 0 aliphatic rings. The van der Waals surface area contributed by atoms with E-state index in [0.717, 1.165) is 6.42 Å². The number of benzene rings is 1. The second kappa shape index (κ2) is 8.23. The number of methoxy groups -OCH3 is 1. The molecular formula is C18H22N4O3. The maximum absolute atomic E-state index is 12.3. The highest BCUT2D eigenvalue weighted by Crippen LogP contribution is 2.17. The molecule has 2 aromatic rings. The molecule has 1 aromatic carbocycles.